The molecule has 6 nitrogen and oxygen atoms in total. The van der Waals surface area contributed by atoms with Crippen LogP contribution in [0.15, 0.2) is 12.1 Å². The van der Waals surface area contributed by atoms with Crippen LogP contribution in [-0.4, -0.2) is 57.0 Å². The molecule has 0 radical (unpaired) electrons. The lowest BCUT2D eigenvalue weighted by Crippen LogP contribution is -2.69. The van der Waals surface area contributed by atoms with Crippen molar-refractivity contribution in [1.29, 1.82) is 0 Å². The Morgan fingerprint density at radius 3 is 2.62 bits per heavy atom. The third kappa shape index (κ3) is 3.07. The summed E-state index contributed by atoms with van der Waals surface area (Å²) in [5.41, 5.74) is 5.13. The molecule has 3 aliphatic rings. The Bertz CT molecular complexity index is 808. The van der Waals surface area contributed by atoms with Crippen LogP contribution in [-0.2, 0) is 11.8 Å². The quantitative estimate of drug-likeness (QED) is 0.603. The molecule has 0 aliphatic heterocycles. The van der Waals surface area contributed by atoms with Gasteiger partial charge in [0.05, 0.1) is 17.3 Å². The number of likely N-dealkylation sites (N-methyl/N-ethyl adjacent to an activating group) is 1. The number of aliphatic hydroxyl groups is 2. The van der Waals surface area contributed by atoms with Gasteiger partial charge in [0.15, 0.2) is 0 Å². The highest BCUT2D eigenvalue weighted by Crippen LogP contribution is 2.56. The van der Waals surface area contributed by atoms with Gasteiger partial charge in [0.1, 0.15) is 5.75 Å². The largest absolute Gasteiger partial charge is 0.507 e. The van der Waals surface area contributed by atoms with E-state index in [4.69, 9.17) is 5.73 Å². The number of carbonyl (C=O) groups excluding carboxylic acids is 1. The maximum atomic E-state index is 12.2. The first-order valence-electron chi connectivity index (χ1n) is 11.0. The minimum Gasteiger partial charge on any atom is -0.507 e. The Morgan fingerprint density at radius 2 is 2.03 bits per heavy atom. The van der Waals surface area contributed by atoms with Crippen molar-refractivity contribution in [1.82, 2.24) is 4.90 Å². The standard InChI is InChI=1S/C23H34N2O4/c1-3-25(13-14-5-4-6-14)18-11-15-7-8-17(21(24)28)20(27)19(15)22(2)12-16(26)9-10-23(18,22)29/h7-8,14,16,18,26-27,29H,3-6,9-13H2,1-2H3,(H2,24,28)/t16-,18-,22-,23-/m1/s1. The first-order chi connectivity index (χ1) is 13.7. The molecule has 6 heteroatoms. The molecular weight excluding hydrogens is 368 g/mol. The fourth-order valence-electron chi connectivity index (χ4n) is 6.18. The van der Waals surface area contributed by atoms with Gasteiger partial charge in [-0.25, -0.2) is 0 Å². The number of nitrogens with two attached hydrogens (primary N) is 1. The maximum absolute atomic E-state index is 12.2. The average molecular weight is 403 g/mol. The second-order valence-electron chi connectivity index (χ2n) is 9.62. The molecule has 0 saturated heterocycles. The van der Waals surface area contributed by atoms with Crippen molar-refractivity contribution in [3.05, 3.63) is 28.8 Å². The lowest BCUT2D eigenvalue weighted by atomic mass is 9.52. The minimum absolute atomic E-state index is 0.0765. The molecule has 0 bridgehead atoms. The number of hydrogen-bond acceptors (Lipinski definition) is 5. The molecule has 4 atom stereocenters. The molecule has 4 rings (SSSR count). The van der Waals surface area contributed by atoms with Crippen LogP contribution in [0.2, 0.25) is 0 Å². The summed E-state index contributed by atoms with van der Waals surface area (Å²) in [5, 5.41) is 33.6. The summed E-state index contributed by atoms with van der Waals surface area (Å²) < 4.78 is 0. The summed E-state index contributed by atoms with van der Waals surface area (Å²) >= 11 is 0. The van der Waals surface area contributed by atoms with Crippen LogP contribution in [0, 0.1) is 5.92 Å². The number of aromatic hydroxyl groups is 1. The van der Waals surface area contributed by atoms with E-state index in [-0.39, 0.29) is 17.4 Å². The van der Waals surface area contributed by atoms with Gasteiger partial charge in [0.2, 0.25) is 0 Å². The fourth-order valence-corrected chi connectivity index (χ4v) is 6.18. The second kappa shape index (κ2) is 7.25. The lowest BCUT2D eigenvalue weighted by Gasteiger charge is -2.60. The minimum atomic E-state index is -1.09. The Hall–Kier alpha value is -1.63. The molecule has 3 aliphatic carbocycles. The summed E-state index contributed by atoms with van der Waals surface area (Å²) in [6.45, 7) is 5.90. The molecule has 160 valence electrons. The van der Waals surface area contributed by atoms with Crippen LogP contribution in [0.1, 0.15) is 73.9 Å². The summed E-state index contributed by atoms with van der Waals surface area (Å²) in [5.74, 6) is -0.132. The van der Waals surface area contributed by atoms with E-state index in [1.54, 1.807) is 6.07 Å². The number of rotatable bonds is 5. The van der Waals surface area contributed by atoms with Gasteiger partial charge >= 0.3 is 0 Å². The summed E-state index contributed by atoms with van der Waals surface area (Å²) in [4.78, 5) is 14.2. The fraction of sp³-hybridized carbons (Fsp3) is 0.696. The number of nitrogens with zero attached hydrogens (tertiary/aromatic N) is 1. The maximum Gasteiger partial charge on any atom is 0.252 e. The van der Waals surface area contributed by atoms with Crippen LogP contribution in [0.3, 0.4) is 0 Å². The van der Waals surface area contributed by atoms with Crippen LogP contribution in [0.5, 0.6) is 5.75 Å². The van der Waals surface area contributed by atoms with Gasteiger partial charge in [-0.05, 0) is 62.6 Å². The zero-order chi connectivity index (χ0) is 21.0. The number of aliphatic hydroxyl groups excluding tert-OH is 1. The van der Waals surface area contributed by atoms with E-state index in [0.717, 1.165) is 18.7 Å². The van der Waals surface area contributed by atoms with E-state index in [2.05, 4.69) is 11.8 Å². The Balaban J connectivity index is 1.83. The topological polar surface area (TPSA) is 107 Å². The summed E-state index contributed by atoms with van der Waals surface area (Å²) in [6.07, 6.45) is 5.20. The molecule has 0 aromatic heterocycles. The first-order valence-corrected chi connectivity index (χ1v) is 11.0. The molecule has 1 amide bonds. The number of benzene rings is 1. The molecule has 0 unspecified atom stereocenters. The van der Waals surface area contributed by atoms with Crippen molar-refractivity contribution in [2.45, 2.75) is 82.0 Å². The molecule has 5 N–H and O–H groups in total. The van der Waals surface area contributed by atoms with Crippen molar-refractivity contribution in [2.24, 2.45) is 11.7 Å². The van der Waals surface area contributed by atoms with Crippen molar-refractivity contribution in [3.8, 4) is 5.75 Å². The van der Waals surface area contributed by atoms with Crippen LogP contribution in [0.4, 0.5) is 0 Å². The van der Waals surface area contributed by atoms with Crippen molar-refractivity contribution in [2.75, 3.05) is 13.1 Å². The van der Waals surface area contributed by atoms with E-state index >= 15 is 0 Å². The van der Waals surface area contributed by atoms with Crippen LogP contribution < -0.4 is 5.73 Å². The first kappa shape index (κ1) is 20.6. The summed E-state index contributed by atoms with van der Waals surface area (Å²) in [6, 6.07) is 3.37. The van der Waals surface area contributed by atoms with Crippen molar-refractivity contribution >= 4 is 5.91 Å². The number of hydrogen-bond donors (Lipinski definition) is 4. The van der Waals surface area contributed by atoms with E-state index in [1.807, 2.05) is 13.0 Å². The number of primary amides is 1. The van der Waals surface area contributed by atoms with Gasteiger partial charge in [-0.2, -0.15) is 0 Å². The smallest absolute Gasteiger partial charge is 0.252 e. The molecular formula is C23H34N2O4. The highest BCUT2D eigenvalue weighted by Gasteiger charge is 2.61. The predicted molar refractivity (Wildman–Crippen MR) is 111 cm³/mol. The zero-order valence-electron chi connectivity index (χ0n) is 17.5. The number of fused-ring (bicyclic) bond motifs is 3. The molecule has 29 heavy (non-hydrogen) atoms. The monoisotopic (exact) mass is 402 g/mol. The number of carbonyl (C=O) groups is 1. The third-order valence-corrected chi connectivity index (χ3v) is 8.07. The number of phenols is 1. The molecule has 1 aromatic carbocycles. The van der Waals surface area contributed by atoms with Gasteiger partial charge in [0.25, 0.3) is 5.91 Å². The van der Waals surface area contributed by atoms with Crippen LogP contribution in [0.25, 0.3) is 0 Å². The van der Waals surface area contributed by atoms with E-state index in [0.29, 0.717) is 37.2 Å². The van der Waals surface area contributed by atoms with E-state index in [1.165, 1.54) is 19.3 Å². The normalized spacial score (nSPS) is 34.4. The van der Waals surface area contributed by atoms with Crippen molar-refractivity contribution in [3.63, 3.8) is 0 Å². The molecule has 1 aromatic rings. The SMILES string of the molecule is CCN(CC1CCC1)[C@@H]1Cc2ccc(C(N)=O)c(O)c2[C@@]2(C)C[C@H](O)CC[C@@]12O. The molecule has 0 heterocycles. The van der Waals surface area contributed by atoms with E-state index < -0.39 is 23.0 Å². The van der Waals surface area contributed by atoms with Gasteiger partial charge < -0.3 is 21.1 Å². The van der Waals surface area contributed by atoms with Crippen LogP contribution >= 0.6 is 0 Å². The zero-order valence-corrected chi connectivity index (χ0v) is 17.5. The Kier molecular flexibility index (Phi) is 5.16. The van der Waals surface area contributed by atoms with Gasteiger partial charge in [-0.15, -0.1) is 0 Å². The lowest BCUT2D eigenvalue weighted by molar-refractivity contribution is -0.151. The Labute approximate surface area is 172 Å². The van der Waals surface area contributed by atoms with Gasteiger partial charge in [0, 0.05) is 23.6 Å². The van der Waals surface area contributed by atoms with Gasteiger partial charge in [-0.3, -0.25) is 9.69 Å². The highest BCUT2D eigenvalue weighted by atomic mass is 16.3. The number of amides is 1. The second-order valence-corrected chi connectivity index (χ2v) is 9.62. The third-order valence-electron chi connectivity index (χ3n) is 8.07. The van der Waals surface area contributed by atoms with Gasteiger partial charge in [-0.1, -0.05) is 26.3 Å². The van der Waals surface area contributed by atoms with Crippen molar-refractivity contribution < 1.29 is 20.1 Å². The predicted octanol–water partition coefficient (Wildman–Crippen LogP) is 2.07. The average Bonchev–Trinajstić information content (AvgIpc) is 2.62. The molecule has 2 fully saturated rings. The molecule has 2 saturated carbocycles. The Morgan fingerprint density at radius 1 is 1.31 bits per heavy atom. The molecule has 0 spiro atoms. The van der Waals surface area contributed by atoms with E-state index in [9.17, 15) is 20.1 Å². The summed E-state index contributed by atoms with van der Waals surface area (Å²) in [7, 11) is 0. The highest BCUT2D eigenvalue weighted by molar-refractivity contribution is 5.96.